The minimum absolute atomic E-state index is 0.0240. The predicted octanol–water partition coefficient (Wildman–Crippen LogP) is 10.4. The first-order valence-electron chi connectivity index (χ1n) is 18.5. The average Bonchev–Trinajstić information content (AvgIpc) is 3.34. The second-order valence-electron chi connectivity index (χ2n) is 16.9. The Bertz CT molecular complexity index is 1060. The number of hydrogen-bond donors (Lipinski definition) is 0. The molecule has 11 atom stereocenters. The SMILES string of the molecule is CC(C)CCC[C@@H](C)[C@H]1CC[C@H]2[C@@H]3CC[C@H]4C[C@@H](c5ccccc5)[C@H](OC(=O)C[C@@H]5CCCCO5)C[C@]4(C)[C@H]3CC[C@]12C. The summed E-state index contributed by atoms with van der Waals surface area (Å²) in [7, 11) is 0. The fraction of sp³-hybridized carbons (Fsp3) is 0.825. The number of fused-ring (bicyclic) bond motifs is 5. The normalized spacial score (nSPS) is 41.6. The molecule has 5 aliphatic rings. The van der Waals surface area contributed by atoms with Gasteiger partial charge in [-0.2, -0.15) is 0 Å². The van der Waals surface area contributed by atoms with Crippen LogP contribution < -0.4 is 0 Å². The molecule has 3 nitrogen and oxygen atoms in total. The van der Waals surface area contributed by atoms with Crippen molar-refractivity contribution in [3.05, 3.63) is 35.9 Å². The zero-order chi connectivity index (χ0) is 30.2. The van der Waals surface area contributed by atoms with Gasteiger partial charge >= 0.3 is 5.97 Å². The molecule has 1 heterocycles. The number of carbonyl (C=O) groups excluding carboxylic acids is 1. The molecule has 4 saturated carbocycles. The van der Waals surface area contributed by atoms with Crippen LogP contribution in [-0.4, -0.2) is 24.8 Å². The molecule has 0 N–H and O–H groups in total. The number of carbonyl (C=O) groups is 1. The van der Waals surface area contributed by atoms with Gasteiger partial charge in [0, 0.05) is 12.5 Å². The van der Waals surface area contributed by atoms with Crippen LogP contribution in [0.2, 0.25) is 0 Å². The van der Waals surface area contributed by atoms with E-state index in [0.29, 0.717) is 17.8 Å². The lowest BCUT2D eigenvalue weighted by atomic mass is 9.43. The first-order chi connectivity index (χ1) is 20.7. The van der Waals surface area contributed by atoms with Crippen LogP contribution >= 0.6 is 0 Å². The molecule has 3 heteroatoms. The Morgan fingerprint density at radius 1 is 0.930 bits per heavy atom. The van der Waals surface area contributed by atoms with E-state index in [1.54, 1.807) is 0 Å². The van der Waals surface area contributed by atoms with Crippen molar-refractivity contribution in [2.45, 2.75) is 149 Å². The van der Waals surface area contributed by atoms with Gasteiger partial charge in [0.15, 0.2) is 0 Å². The maximum Gasteiger partial charge on any atom is 0.308 e. The molecule has 1 aromatic rings. The molecule has 5 fully saturated rings. The topological polar surface area (TPSA) is 35.5 Å². The minimum atomic E-state index is -0.0338. The Labute approximate surface area is 263 Å². The Morgan fingerprint density at radius 2 is 1.72 bits per heavy atom. The van der Waals surface area contributed by atoms with E-state index >= 15 is 0 Å². The van der Waals surface area contributed by atoms with E-state index in [9.17, 15) is 4.79 Å². The molecule has 0 spiro atoms. The van der Waals surface area contributed by atoms with Gasteiger partial charge in [0.05, 0.1) is 12.5 Å². The molecule has 43 heavy (non-hydrogen) atoms. The molecule has 0 aromatic heterocycles. The largest absolute Gasteiger partial charge is 0.462 e. The minimum Gasteiger partial charge on any atom is -0.462 e. The van der Waals surface area contributed by atoms with Crippen molar-refractivity contribution < 1.29 is 14.3 Å². The van der Waals surface area contributed by atoms with Gasteiger partial charge in [0.1, 0.15) is 6.10 Å². The van der Waals surface area contributed by atoms with Gasteiger partial charge in [-0.25, -0.2) is 0 Å². The van der Waals surface area contributed by atoms with Crippen molar-refractivity contribution in [3.8, 4) is 0 Å². The highest BCUT2D eigenvalue weighted by molar-refractivity contribution is 5.70. The summed E-state index contributed by atoms with van der Waals surface area (Å²) in [5.74, 6) is 6.11. The highest BCUT2D eigenvalue weighted by Gasteiger charge is 2.62. The maximum absolute atomic E-state index is 13.4. The molecule has 1 aromatic carbocycles. The molecule has 4 aliphatic carbocycles. The maximum atomic E-state index is 13.4. The molecular weight excluding hydrogens is 528 g/mol. The monoisotopic (exact) mass is 590 g/mol. The van der Waals surface area contributed by atoms with Crippen molar-refractivity contribution >= 4 is 5.97 Å². The van der Waals surface area contributed by atoms with Crippen molar-refractivity contribution in [1.82, 2.24) is 0 Å². The van der Waals surface area contributed by atoms with Crippen molar-refractivity contribution in [2.75, 3.05) is 6.61 Å². The highest BCUT2D eigenvalue weighted by atomic mass is 16.5. The predicted molar refractivity (Wildman–Crippen MR) is 176 cm³/mol. The Hall–Kier alpha value is -1.35. The van der Waals surface area contributed by atoms with Crippen LogP contribution in [0.1, 0.15) is 142 Å². The number of esters is 1. The van der Waals surface area contributed by atoms with E-state index in [0.717, 1.165) is 73.7 Å². The molecule has 0 bridgehead atoms. The van der Waals surface area contributed by atoms with Crippen molar-refractivity contribution in [2.24, 2.45) is 52.3 Å². The van der Waals surface area contributed by atoms with Crippen LogP contribution in [0.15, 0.2) is 30.3 Å². The smallest absolute Gasteiger partial charge is 0.308 e. The summed E-state index contributed by atoms with van der Waals surface area (Å²) in [6.45, 7) is 13.5. The van der Waals surface area contributed by atoms with Gasteiger partial charge in [-0.3, -0.25) is 4.79 Å². The van der Waals surface area contributed by atoms with Gasteiger partial charge in [-0.1, -0.05) is 84.2 Å². The standard InChI is InChI=1S/C40H62O3/c1-27(2)12-11-13-28(3)34-19-20-35-32-18-17-30-24-33(29-14-7-6-8-15-29)37(43-38(41)25-31-16-9-10-23-42-31)26-40(30,5)36(32)21-22-39(34,35)4/h6-8,14-15,27-28,30-37H,9-13,16-26H2,1-5H3/t28-,30+,31+,32+,33+,34-,35+,36+,37-,39-,40+/m1/s1. The molecular formula is C40H62O3. The quantitative estimate of drug-likeness (QED) is 0.268. The van der Waals surface area contributed by atoms with Crippen molar-refractivity contribution in [1.29, 1.82) is 0 Å². The third kappa shape index (κ3) is 6.37. The van der Waals surface area contributed by atoms with Gasteiger partial charge < -0.3 is 9.47 Å². The molecule has 1 saturated heterocycles. The molecule has 240 valence electrons. The van der Waals surface area contributed by atoms with Gasteiger partial charge in [-0.05, 0) is 128 Å². The number of hydrogen-bond acceptors (Lipinski definition) is 3. The van der Waals surface area contributed by atoms with Gasteiger partial charge in [0.25, 0.3) is 0 Å². The first kappa shape index (κ1) is 31.6. The lowest BCUT2D eigenvalue weighted by Gasteiger charge is -2.62. The number of benzene rings is 1. The van der Waals surface area contributed by atoms with E-state index in [1.807, 2.05) is 0 Å². The van der Waals surface area contributed by atoms with Gasteiger partial charge in [-0.15, -0.1) is 0 Å². The van der Waals surface area contributed by atoms with E-state index in [4.69, 9.17) is 9.47 Å². The highest BCUT2D eigenvalue weighted by Crippen LogP contribution is 2.69. The zero-order valence-corrected chi connectivity index (χ0v) is 28.2. The Balaban J connectivity index is 1.18. The van der Waals surface area contributed by atoms with Crippen molar-refractivity contribution in [3.63, 3.8) is 0 Å². The summed E-state index contributed by atoms with van der Waals surface area (Å²) in [5.41, 5.74) is 2.15. The molecule has 0 radical (unpaired) electrons. The molecule has 1 aliphatic heterocycles. The van der Waals surface area contributed by atoms with E-state index in [2.05, 4.69) is 65.0 Å². The lowest BCUT2D eigenvalue weighted by Crippen LogP contribution is -2.56. The fourth-order valence-electron chi connectivity index (χ4n) is 11.8. The van der Waals surface area contributed by atoms with Crippen LogP contribution in [0, 0.1) is 52.3 Å². The molecule has 0 unspecified atom stereocenters. The Kier molecular flexibility index (Phi) is 9.69. The number of ether oxygens (including phenoxy) is 2. The van der Waals surface area contributed by atoms with E-state index in [1.165, 1.54) is 69.8 Å². The number of rotatable bonds is 9. The fourth-order valence-corrected chi connectivity index (χ4v) is 11.8. The second kappa shape index (κ2) is 13.2. The lowest BCUT2D eigenvalue weighted by molar-refractivity contribution is -0.171. The summed E-state index contributed by atoms with van der Waals surface area (Å²) < 4.78 is 12.5. The van der Waals surface area contributed by atoms with Gasteiger partial charge in [0.2, 0.25) is 0 Å². The first-order valence-corrected chi connectivity index (χ1v) is 18.5. The molecule has 6 rings (SSSR count). The third-order valence-electron chi connectivity index (χ3n) is 14.1. The summed E-state index contributed by atoms with van der Waals surface area (Å²) in [6.07, 6.45) is 18.6. The summed E-state index contributed by atoms with van der Waals surface area (Å²) in [4.78, 5) is 13.4. The van der Waals surface area contributed by atoms with E-state index in [-0.39, 0.29) is 23.6 Å². The third-order valence-corrected chi connectivity index (χ3v) is 14.1. The summed E-state index contributed by atoms with van der Waals surface area (Å²) in [5, 5.41) is 0. The van der Waals surface area contributed by atoms with Crippen LogP contribution in [0.4, 0.5) is 0 Å². The van der Waals surface area contributed by atoms with Crippen LogP contribution in [-0.2, 0) is 14.3 Å². The van der Waals surface area contributed by atoms with Crippen LogP contribution in [0.25, 0.3) is 0 Å². The zero-order valence-electron chi connectivity index (χ0n) is 28.2. The summed E-state index contributed by atoms with van der Waals surface area (Å²) >= 11 is 0. The van der Waals surface area contributed by atoms with E-state index < -0.39 is 0 Å². The summed E-state index contributed by atoms with van der Waals surface area (Å²) in [6, 6.07) is 11.0. The van der Waals surface area contributed by atoms with Crippen LogP contribution in [0.3, 0.4) is 0 Å². The Morgan fingerprint density at radius 3 is 2.47 bits per heavy atom. The average molecular weight is 591 g/mol. The molecule has 0 amide bonds. The van der Waals surface area contributed by atoms with Crippen LogP contribution in [0.5, 0.6) is 0 Å². The second-order valence-corrected chi connectivity index (χ2v) is 16.9.